The molecule has 106 valence electrons. The number of carbonyl (C=O) groups is 1. The first kappa shape index (κ1) is 14.9. The lowest BCUT2D eigenvalue weighted by atomic mass is 10.2. The molecular weight excluding hydrogens is 270 g/mol. The van der Waals surface area contributed by atoms with Crippen molar-refractivity contribution < 1.29 is 4.79 Å². The molecule has 0 spiro atoms. The summed E-state index contributed by atoms with van der Waals surface area (Å²) in [4.78, 5) is 14.2. The van der Waals surface area contributed by atoms with Gasteiger partial charge in [-0.05, 0) is 37.4 Å². The highest BCUT2D eigenvalue weighted by atomic mass is 32.2. The van der Waals surface area contributed by atoms with Crippen LogP contribution in [0.4, 0.5) is 5.69 Å². The smallest absolute Gasteiger partial charge is 0.225 e. The fourth-order valence-electron chi connectivity index (χ4n) is 2.22. The molecule has 1 amide bonds. The molecule has 1 unspecified atom stereocenters. The number of nitrogens with one attached hydrogen (secondary N) is 1. The van der Waals surface area contributed by atoms with Crippen molar-refractivity contribution >= 4 is 23.4 Å². The molecule has 20 heavy (non-hydrogen) atoms. The van der Waals surface area contributed by atoms with Gasteiger partial charge in [0.2, 0.25) is 5.91 Å². The zero-order valence-electron chi connectivity index (χ0n) is 11.6. The Balaban J connectivity index is 1.78. The first-order valence-corrected chi connectivity index (χ1v) is 7.92. The fourth-order valence-corrected chi connectivity index (χ4v) is 3.52. The standard InChI is InChI=1S/C15H19N3OS/c1-18(14-6-8-20-11-14)7-5-15(19)17-13-4-2-3-12(9-13)10-16/h2-4,9,14H,5-8,11H2,1H3,(H,17,19). The van der Waals surface area contributed by atoms with Crippen LogP contribution >= 0.6 is 11.8 Å². The van der Waals surface area contributed by atoms with Crippen molar-refractivity contribution in [3.8, 4) is 6.07 Å². The summed E-state index contributed by atoms with van der Waals surface area (Å²) in [6.07, 6.45) is 1.70. The lowest BCUT2D eigenvalue weighted by molar-refractivity contribution is -0.116. The third kappa shape index (κ3) is 4.26. The maximum atomic E-state index is 11.9. The van der Waals surface area contributed by atoms with E-state index in [1.165, 1.54) is 17.9 Å². The second-order valence-corrected chi connectivity index (χ2v) is 6.14. The summed E-state index contributed by atoms with van der Waals surface area (Å²) >= 11 is 1.98. The van der Waals surface area contributed by atoms with Gasteiger partial charge in [0, 0.05) is 30.4 Å². The molecule has 0 radical (unpaired) electrons. The Morgan fingerprint density at radius 1 is 1.60 bits per heavy atom. The lowest BCUT2D eigenvalue weighted by Crippen LogP contribution is -2.34. The third-order valence-corrected chi connectivity index (χ3v) is 4.64. The first-order valence-electron chi connectivity index (χ1n) is 6.77. The number of nitrogens with zero attached hydrogens (tertiary/aromatic N) is 2. The van der Waals surface area contributed by atoms with Gasteiger partial charge < -0.3 is 10.2 Å². The van der Waals surface area contributed by atoms with Gasteiger partial charge in [-0.2, -0.15) is 17.0 Å². The van der Waals surface area contributed by atoms with Crippen LogP contribution in [0.5, 0.6) is 0 Å². The number of anilines is 1. The quantitative estimate of drug-likeness (QED) is 0.904. The highest BCUT2D eigenvalue weighted by molar-refractivity contribution is 7.99. The van der Waals surface area contributed by atoms with E-state index in [1.54, 1.807) is 24.3 Å². The van der Waals surface area contributed by atoms with E-state index in [0.717, 1.165) is 6.54 Å². The molecule has 0 bridgehead atoms. The Bertz CT molecular complexity index is 506. The van der Waals surface area contributed by atoms with E-state index in [2.05, 4.69) is 23.3 Å². The van der Waals surface area contributed by atoms with E-state index < -0.39 is 0 Å². The minimum atomic E-state index is -0.00223. The van der Waals surface area contributed by atoms with Crippen LogP contribution in [0.3, 0.4) is 0 Å². The van der Waals surface area contributed by atoms with Crippen LogP contribution in [0, 0.1) is 11.3 Å². The number of rotatable bonds is 5. The van der Waals surface area contributed by atoms with Crippen molar-refractivity contribution in [3.05, 3.63) is 29.8 Å². The Labute approximate surface area is 124 Å². The molecule has 1 aliphatic heterocycles. The van der Waals surface area contributed by atoms with Crippen molar-refractivity contribution in [2.45, 2.75) is 18.9 Å². The molecule has 0 saturated carbocycles. The molecule has 1 N–H and O–H groups in total. The normalized spacial score (nSPS) is 17.9. The molecule has 5 heteroatoms. The number of thioether (sulfide) groups is 1. The molecule has 0 aromatic heterocycles. The number of hydrogen-bond acceptors (Lipinski definition) is 4. The number of nitriles is 1. The summed E-state index contributed by atoms with van der Waals surface area (Å²) < 4.78 is 0. The van der Waals surface area contributed by atoms with Crippen molar-refractivity contribution in [2.24, 2.45) is 0 Å². The van der Waals surface area contributed by atoms with Crippen molar-refractivity contribution in [2.75, 3.05) is 30.4 Å². The summed E-state index contributed by atoms with van der Waals surface area (Å²) in [5, 5.41) is 11.7. The van der Waals surface area contributed by atoms with Gasteiger partial charge >= 0.3 is 0 Å². The van der Waals surface area contributed by atoms with Crippen LogP contribution in [-0.4, -0.2) is 41.9 Å². The summed E-state index contributed by atoms with van der Waals surface area (Å²) in [5.41, 5.74) is 1.25. The number of hydrogen-bond donors (Lipinski definition) is 1. The average Bonchev–Trinajstić information content (AvgIpc) is 2.99. The predicted molar refractivity (Wildman–Crippen MR) is 82.8 cm³/mol. The molecule has 1 atom stereocenters. The Hall–Kier alpha value is -1.51. The number of amides is 1. The van der Waals surface area contributed by atoms with Gasteiger partial charge in [-0.3, -0.25) is 4.79 Å². The molecule has 1 aromatic carbocycles. The number of carbonyl (C=O) groups excluding carboxylic acids is 1. The summed E-state index contributed by atoms with van der Waals surface area (Å²) in [7, 11) is 2.08. The van der Waals surface area contributed by atoms with E-state index in [1.807, 2.05) is 11.8 Å². The molecule has 2 rings (SSSR count). The van der Waals surface area contributed by atoms with Crippen LogP contribution in [0.25, 0.3) is 0 Å². The van der Waals surface area contributed by atoms with Crippen LogP contribution in [0.15, 0.2) is 24.3 Å². The van der Waals surface area contributed by atoms with Gasteiger partial charge in [0.25, 0.3) is 0 Å². The lowest BCUT2D eigenvalue weighted by Gasteiger charge is -2.22. The van der Waals surface area contributed by atoms with Crippen LogP contribution in [0.2, 0.25) is 0 Å². The van der Waals surface area contributed by atoms with Gasteiger partial charge in [-0.25, -0.2) is 0 Å². The Morgan fingerprint density at radius 3 is 3.15 bits per heavy atom. The maximum Gasteiger partial charge on any atom is 0.225 e. The SMILES string of the molecule is CN(CCC(=O)Nc1cccc(C#N)c1)C1CCSC1. The average molecular weight is 289 g/mol. The van der Waals surface area contributed by atoms with E-state index in [0.29, 0.717) is 23.7 Å². The molecule has 1 aromatic rings. The summed E-state index contributed by atoms with van der Waals surface area (Å²) in [6, 6.07) is 9.66. The Kier molecular flexibility index (Phi) is 5.45. The molecule has 4 nitrogen and oxygen atoms in total. The summed E-state index contributed by atoms with van der Waals surface area (Å²) in [5.74, 6) is 2.39. The van der Waals surface area contributed by atoms with Crippen molar-refractivity contribution in [3.63, 3.8) is 0 Å². The highest BCUT2D eigenvalue weighted by Crippen LogP contribution is 2.21. The first-order chi connectivity index (χ1) is 9.69. The molecule has 0 aliphatic carbocycles. The topological polar surface area (TPSA) is 56.1 Å². The van der Waals surface area contributed by atoms with Crippen molar-refractivity contribution in [1.82, 2.24) is 4.90 Å². The second-order valence-electron chi connectivity index (χ2n) is 4.99. The number of benzene rings is 1. The van der Waals surface area contributed by atoms with Gasteiger partial charge in [-0.15, -0.1) is 0 Å². The van der Waals surface area contributed by atoms with E-state index in [-0.39, 0.29) is 5.91 Å². The third-order valence-electron chi connectivity index (χ3n) is 3.50. The van der Waals surface area contributed by atoms with Gasteiger partial charge in [0.1, 0.15) is 0 Å². The molecule has 1 aliphatic rings. The van der Waals surface area contributed by atoms with E-state index in [9.17, 15) is 4.79 Å². The predicted octanol–water partition coefficient (Wildman–Crippen LogP) is 2.32. The zero-order valence-corrected chi connectivity index (χ0v) is 12.4. The van der Waals surface area contributed by atoms with E-state index in [4.69, 9.17) is 5.26 Å². The van der Waals surface area contributed by atoms with Gasteiger partial charge in [0.05, 0.1) is 11.6 Å². The van der Waals surface area contributed by atoms with E-state index >= 15 is 0 Å². The zero-order chi connectivity index (χ0) is 14.4. The molecule has 1 saturated heterocycles. The minimum Gasteiger partial charge on any atom is -0.326 e. The van der Waals surface area contributed by atoms with Gasteiger partial charge in [-0.1, -0.05) is 6.07 Å². The highest BCUT2D eigenvalue weighted by Gasteiger charge is 2.20. The molecular formula is C15H19N3OS. The second kappa shape index (κ2) is 7.32. The van der Waals surface area contributed by atoms with Crippen molar-refractivity contribution in [1.29, 1.82) is 5.26 Å². The van der Waals surface area contributed by atoms with Crippen LogP contribution in [-0.2, 0) is 4.79 Å². The molecule has 1 fully saturated rings. The maximum absolute atomic E-state index is 11.9. The molecule has 1 heterocycles. The fraction of sp³-hybridized carbons (Fsp3) is 0.467. The summed E-state index contributed by atoms with van der Waals surface area (Å²) in [6.45, 7) is 0.773. The minimum absolute atomic E-state index is 0.00223. The van der Waals surface area contributed by atoms with Gasteiger partial charge in [0.15, 0.2) is 0 Å². The van der Waals surface area contributed by atoms with Crippen LogP contribution < -0.4 is 5.32 Å². The monoisotopic (exact) mass is 289 g/mol. The Morgan fingerprint density at radius 2 is 2.45 bits per heavy atom. The largest absolute Gasteiger partial charge is 0.326 e. The van der Waals surface area contributed by atoms with Crippen LogP contribution in [0.1, 0.15) is 18.4 Å².